The molecule has 0 saturated heterocycles. The number of Topliss-reactive ketones (excluding diaryl/α,β-unsaturated/α-hetero) is 1. The van der Waals surface area contributed by atoms with Gasteiger partial charge in [0.05, 0.1) is 12.5 Å². The number of rotatable bonds is 10. The van der Waals surface area contributed by atoms with Gasteiger partial charge in [-0.1, -0.05) is 85.2 Å². The number of halogens is 1. The number of benzene rings is 3. The Morgan fingerprint density at radius 1 is 0.972 bits per heavy atom. The Hall–Kier alpha value is -2.21. The highest BCUT2D eigenvalue weighted by Crippen LogP contribution is 2.42. The molecule has 5 heteroatoms. The van der Waals surface area contributed by atoms with Gasteiger partial charge in [0.2, 0.25) is 0 Å². The number of hydrogen-bond acceptors (Lipinski definition) is 3. The van der Waals surface area contributed by atoms with E-state index in [0.717, 1.165) is 45.3 Å². The molecule has 1 saturated carbocycles. The van der Waals surface area contributed by atoms with Crippen LogP contribution in [0.4, 0.5) is 0 Å². The van der Waals surface area contributed by atoms with Gasteiger partial charge in [-0.2, -0.15) is 0 Å². The third-order valence-electron chi connectivity index (χ3n) is 7.54. The van der Waals surface area contributed by atoms with Gasteiger partial charge in [0.15, 0.2) is 8.32 Å². The summed E-state index contributed by atoms with van der Waals surface area (Å²) in [6.07, 6.45) is 1.97. The Morgan fingerprint density at radius 3 is 2.25 bits per heavy atom. The first-order chi connectivity index (χ1) is 17.0. The van der Waals surface area contributed by atoms with E-state index < -0.39 is 8.32 Å². The number of ketones is 1. The van der Waals surface area contributed by atoms with Gasteiger partial charge in [0.25, 0.3) is 0 Å². The van der Waals surface area contributed by atoms with Gasteiger partial charge in [-0.3, -0.25) is 4.79 Å². The summed E-state index contributed by atoms with van der Waals surface area (Å²) in [6, 6.07) is 24.5. The van der Waals surface area contributed by atoms with Gasteiger partial charge in [-0.05, 0) is 77.5 Å². The van der Waals surface area contributed by atoms with E-state index in [2.05, 4.69) is 86.2 Å². The zero-order valence-corrected chi connectivity index (χ0v) is 24.6. The fraction of sp³-hybridized carbons (Fsp3) is 0.387. The predicted molar refractivity (Wildman–Crippen MR) is 153 cm³/mol. The van der Waals surface area contributed by atoms with E-state index in [0.29, 0.717) is 19.0 Å². The van der Waals surface area contributed by atoms with Crippen LogP contribution in [0.5, 0.6) is 5.75 Å². The van der Waals surface area contributed by atoms with Crippen molar-refractivity contribution >= 4 is 30.0 Å². The van der Waals surface area contributed by atoms with E-state index in [4.69, 9.17) is 9.16 Å². The smallest absolute Gasteiger partial charge is 0.192 e. The lowest BCUT2D eigenvalue weighted by atomic mass is 9.83. The van der Waals surface area contributed by atoms with Crippen LogP contribution < -0.4 is 4.74 Å². The van der Waals surface area contributed by atoms with E-state index in [1.54, 1.807) is 0 Å². The van der Waals surface area contributed by atoms with Crippen LogP contribution in [0.2, 0.25) is 18.1 Å². The Morgan fingerprint density at radius 2 is 1.64 bits per heavy atom. The summed E-state index contributed by atoms with van der Waals surface area (Å²) >= 11 is 3.54. The first kappa shape index (κ1) is 26.8. The molecule has 1 unspecified atom stereocenters. The van der Waals surface area contributed by atoms with Gasteiger partial charge in [-0.15, -0.1) is 0 Å². The average Bonchev–Trinajstić information content (AvgIpc) is 3.69. The summed E-state index contributed by atoms with van der Waals surface area (Å²) in [4.78, 5) is 13.6. The lowest BCUT2D eigenvalue weighted by molar-refractivity contribution is -0.120. The summed E-state index contributed by atoms with van der Waals surface area (Å²) < 4.78 is 13.8. The van der Waals surface area contributed by atoms with Crippen molar-refractivity contribution in [1.29, 1.82) is 0 Å². The monoisotopic (exact) mass is 564 g/mol. The van der Waals surface area contributed by atoms with Crippen molar-refractivity contribution in [1.82, 2.24) is 0 Å². The molecule has 1 aliphatic rings. The molecule has 0 radical (unpaired) electrons. The van der Waals surface area contributed by atoms with E-state index >= 15 is 0 Å². The molecule has 1 atom stereocenters. The van der Waals surface area contributed by atoms with Crippen LogP contribution in [0.15, 0.2) is 77.3 Å². The third kappa shape index (κ3) is 6.56. The van der Waals surface area contributed by atoms with Crippen molar-refractivity contribution in [3.8, 4) is 5.75 Å². The molecule has 0 heterocycles. The normalized spacial score (nSPS) is 14.9. The second-order valence-corrected chi connectivity index (χ2v) is 17.1. The van der Waals surface area contributed by atoms with Crippen LogP contribution in [0.25, 0.3) is 0 Å². The minimum absolute atomic E-state index is 0.101. The number of carbonyl (C=O) groups is 1. The minimum atomic E-state index is -1.99. The van der Waals surface area contributed by atoms with E-state index in [1.165, 1.54) is 0 Å². The Kier molecular flexibility index (Phi) is 8.23. The second kappa shape index (κ2) is 11.0. The fourth-order valence-electron chi connectivity index (χ4n) is 4.05. The molecule has 3 aromatic rings. The molecule has 0 aliphatic heterocycles. The molecule has 1 aliphatic carbocycles. The molecule has 1 fully saturated rings. The van der Waals surface area contributed by atoms with Crippen molar-refractivity contribution in [2.75, 3.05) is 0 Å². The van der Waals surface area contributed by atoms with Gasteiger partial charge in [-0.25, -0.2) is 0 Å². The van der Waals surface area contributed by atoms with Crippen molar-refractivity contribution < 1.29 is 14.0 Å². The first-order valence-corrected chi connectivity index (χ1v) is 16.5. The maximum Gasteiger partial charge on any atom is 0.192 e. The van der Waals surface area contributed by atoms with Crippen LogP contribution >= 0.6 is 15.9 Å². The van der Waals surface area contributed by atoms with E-state index in [-0.39, 0.29) is 16.9 Å². The average molecular weight is 566 g/mol. The van der Waals surface area contributed by atoms with Crippen LogP contribution in [0.3, 0.4) is 0 Å². The summed E-state index contributed by atoms with van der Waals surface area (Å²) in [5.41, 5.74) is 4.21. The van der Waals surface area contributed by atoms with E-state index in [1.807, 2.05) is 36.4 Å². The Bertz CT molecular complexity index is 1180. The minimum Gasteiger partial charge on any atom is -0.489 e. The Balaban J connectivity index is 1.70. The van der Waals surface area contributed by atoms with Crippen LogP contribution in [0, 0.1) is 5.92 Å². The lowest BCUT2D eigenvalue weighted by Gasteiger charge is -2.36. The van der Waals surface area contributed by atoms with Crippen LogP contribution in [-0.4, -0.2) is 14.1 Å². The van der Waals surface area contributed by atoms with Gasteiger partial charge in [0.1, 0.15) is 18.1 Å². The summed E-state index contributed by atoms with van der Waals surface area (Å²) in [7, 11) is -1.99. The largest absolute Gasteiger partial charge is 0.489 e. The second-order valence-electron chi connectivity index (χ2n) is 11.3. The highest BCUT2D eigenvalue weighted by molar-refractivity contribution is 9.10. The van der Waals surface area contributed by atoms with Crippen LogP contribution in [-0.2, 0) is 22.4 Å². The summed E-state index contributed by atoms with van der Waals surface area (Å²) in [6.45, 7) is 12.3. The first-order valence-electron chi connectivity index (χ1n) is 12.8. The fourth-order valence-corrected chi connectivity index (χ4v) is 5.26. The molecule has 0 bridgehead atoms. The zero-order chi connectivity index (χ0) is 25.9. The van der Waals surface area contributed by atoms with Gasteiger partial charge >= 0.3 is 0 Å². The lowest BCUT2D eigenvalue weighted by Crippen LogP contribution is -2.40. The quantitative estimate of drug-likeness (QED) is 0.231. The summed E-state index contributed by atoms with van der Waals surface area (Å²) in [5.74, 6) is 0.960. The maximum absolute atomic E-state index is 13.6. The number of carbonyl (C=O) groups excluding carboxylic acids is 1. The number of hydrogen-bond donors (Lipinski definition) is 0. The molecule has 4 rings (SSSR count). The van der Waals surface area contributed by atoms with Gasteiger partial charge in [0, 0.05) is 10.4 Å². The Labute approximate surface area is 225 Å². The molecule has 3 aromatic carbocycles. The van der Waals surface area contributed by atoms with Crippen molar-refractivity contribution in [2.45, 2.75) is 70.9 Å². The molecule has 36 heavy (non-hydrogen) atoms. The van der Waals surface area contributed by atoms with Crippen molar-refractivity contribution in [3.63, 3.8) is 0 Å². The maximum atomic E-state index is 13.6. The molecule has 0 N–H and O–H groups in total. The number of ether oxygens (including phenoxy) is 1. The molecule has 0 amide bonds. The SMILES string of the molecule is CC(C)(C)[Si](C)(C)OCc1cc(OCc2ccccc2)ccc1C(C(=O)C1CC1)c1ccc(Br)cc1. The van der Waals surface area contributed by atoms with Gasteiger partial charge < -0.3 is 9.16 Å². The summed E-state index contributed by atoms with van der Waals surface area (Å²) in [5, 5.41) is 0.101. The van der Waals surface area contributed by atoms with Crippen molar-refractivity contribution in [2.24, 2.45) is 5.92 Å². The highest BCUT2D eigenvalue weighted by Gasteiger charge is 2.39. The highest BCUT2D eigenvalue weighted by atomic mass is 79.9. The molecule has 3 nitrogen and oxygen atoms in total. The molecule has 0 spiro atoms. The van der Waals surface area contributed by atoms with Crippen LogP contribution in [0.1, 0.15) is 61.8 Å². The predicted octanol–water partition coefficient (Wildman–Crippen LogP) is 8.66. The molecule has 0 aromatic heterocycles. The standard InChI is InChI=1S/C31H37BrO3Si/c1-31(2,3)36(4,5)35-21-25-19-27(34-20-22-9-7-6-8-10-22)17-18-28(25)29(30(33)24-11-12-24)23-13-15-26(32)16-14-23/h6-10,13-19,24,29H,11-12,20-21H2,1-5H3. The molecule has 190 valence electrons. The van der Waals surface area contributed by atoms with Crippen molar-refractivity contribution in [3.05, 3.63) is 99.5 Å². The topological polar surface area (TPSA) is 35.5 Å². The molecular weight excluding hydrogens is 528 g/mol. The van der Waals surface area contributed by atoms with E-state index in [9.17, 15) is 4.79 Å². The zero-order valence-electron chi connectivity index (χ0n) is 22.0. The third-order valence-corrected chi connectivity index (χ3v) is 12.5. The molecular formula is C31H37BrO3Si.